The maximum atomic E-state index is 12.0. The van der Waals surface area contributed by atoms with Gasteiger partial charge in [-0.2, -0.15) is 0 Å². The highest BCUT2D eigenvalue weighted by atomic mass is 16.6. The molecule has 2 aliphatic rings. The summed E-state index contributed by atoms with van der Waals surface area (Å²) in [6, 6.07) is 1.24. The Bertz CT molecular complexity index is 343. The summed E-state index contributed by atoms with van der Waals surface area (Å²) >= 11 is 0. The Kier molecular flexibility index (Phi) is 5.53. The van der Waals surface area contributed by atoms with E-state index in [0.717, 1.165) is 31.8 Å². The molecule has 2 unspecified atom stereocenters. The molecule has 1 aliphatic heterocycles. The second-order valence-corrected chi connectivity index (χ2v) is 7.78. The highest BCUT2D eigenvalue weighted by molar-refractivity contribution is 5.68. The summed E-state index contributed by atoms with van der Waals surface area (Å²) in [7, 11) is 0. The summed E-state index contributed by atoms with van der Waals surface area (Å²) in [5.74, 6) is 0.794. The van der Waals surface area contributed by atoms with Gasteiger partial charge in [-0.1, -0.05) is 19.8 Å². The monoisotopic (exact) mass is 296 g/mol. The van der Waals surface area contributed by atoms with E-state index in [1.165, 1.54) is 25.7 Å². The molecule has 4 nitrogen and oxygen atoms in total. The summed E-state index contributed by atoms with van der Waals surface area (Å²) < 4.78 is 5.45. The van der Waals surface area contributed by atoms with Crippen LogP contribution in [0, 0.1) is 5.92 Å². The van der Waals surface area contributed by atoms with Crippen molar-refractivity contribution in [2.45, 2.75) is 83.9 Å². The number of carbonyl (C=O) groups is 1. The van der Waals surface area contributed by atoms with E-state index in [0.29, 0.717) is 12.1 Å². The number of hydrogen-bond acceptors (Lipinski definition) is 3. The van der Waals surface area contributed by atoms with Crippen LogP contribution >= 0.6 is 0 Å². The number of amides is 1. The molecular weight excluding hydrogens is 264 g/mol. The molecule has 0 radical (unpaired) electrons. The van der Waals surface area contributed by atoms with Gasteiger partial charge in [0.1, 0.15) is 5.60 Å². The van der Waals surface area contributed by atoms with Crippen LogP contribution in [0.3, 0.4) is 0 Å². The van der Waals surface area contributed by atoms with Crippen LogP contribution in [0.5, 0.6) is 0 Å². The topological polar surface area (TPSA) is 41.6 Å². The molecule has 1 heterocycles. The van der Waals surface area contributed by atoms with Crippen LogP contribution < -0.4 is 5.32 Å². The van der Waals surface area contributed by atoms with Gasteiger partial charge in [0, 0.05) is 25.2 Å². The summed E-state index contributed by atoms with van der Waals surface area (Å²) in [4.78, 5) is 13.9. The molecule has 1 saturated carbocycles. The van der Waals surface area contributed by atoms with Crippen LogP contribution in [-0.2, 0) is 4.74 Å². The molecule has 1 aliphatic carbocycles. The van der Waals surface area contributed by atoms with Crippen molar-refractivity contribution in [3.63, 3.8) is 0 Å². The Morgan fingerprint density at radius 3 is 2.29 bits per heavy atom. The SMILES string of the molecule is CC1CCCCC1NC1CCN(C(=O)OC(C)(C)C)CC1. The second-order valence-electron chi connectivity index (χ2n) is 7.78. The minimum absolute atomic E-state index is 0.160. The highest BCUT2D eigenvalue weighted by Crippen LogP contribution is 2.25. The number of likely N-dealkylation sites (tertiary alicyclic amines) is 1. The molecular formula is C17H32N2O2. The van der Waals surface area contributed by atoms with Gasteiger partial charge in [0.25, 0.3) is 0 Å². The number of piperidine rings is 1. The Hall–Kier alpha value is -0.770. The first-order valence-corrected chi connectivity index (χ1v) is 8.59. The number of rotatable bonds is 2. The number of hydrogen-bond donors (Lipinski definition) is 1. The zero-order chi connectivity index (χ0) is 15.5. The number of nitrogens with one attached hydrogen (secondary N) is 1. The van der Waals surface area contributed by atoms with Crippen molar-refractivity contribution in [2.75, 3.05) is 13.1 Å². The predicted molar refractivity (Wildman–Crippen MR) is 85.4 cm³/mol. The molecule has 4 heteroatoms. The number of nitrogens with zero attached hydrogens (tertiary/aromatic N) is 1. The van der Waals surface area contributed by atoms with Crippen LogP contribution in [0.2, 0.25) is 0 Å². The van der Waals surface area contributed by atoms with Crippen molar-refractivity contribution >= 4 is 6.09 Å². The maximum absolute atomic E-state index is 12.0. The normalized spacial score (nSPS) is 28.5. The predicted octanol–water partition coefficient (Wildman–Crippen LogP) is 3.55. The van der Waals surface area contributed by atoms with Gasteiger partial charge in [0.05, 0.1) is 0 Å². The lowest BCUT2D eigenvalue weighted by atomic mass is 9.85. The summed E-state index contributed by atoms with van der Waals surface area (Å²) in [6.07, 6.45) is 7.34. The fraction of sp³-hybridized carbons (Fsp3) is 0.941. The van der Waals surface area contributed by atoms with Crippen LogP contribution in [0.15, 0.2) is 0 Å². The van der Waals surface area contributed by atoms with E-state index in [1.807, 2.05) is 25.7 Å². The molecule has 0 spiro atoms. The molecule has 21 heavy (non-hydrogen) atoms. The Morgan fingerprint density at radius 1 is 1.10 bits per heavy atom. The lowest BCUT2D eigenvalue weighted by Gasteiger charge is -2.38. The number of carbonyl (C=O) groups excluding carboxylic acids is 1. The van der Waals surface area contributed by atoms with Crippen LogP contribution in [-0.4, -0.2) is 41.8 Å². The first-order valence-electron chi connectivity index (χ1n) is 8.59. The molecule has 2 rings (SSSR count). The third-order valence-electron chi connectivity index (χ3n) is 4.71. The van der Waals surface area contributed by atoms with Gasteiger partial charge >= 0.3 is 6.09 Å². The summed E-state index contributed by atoms with van der Waals surface area (Å²) in [5.41, 5.74) is -0.399. The molecule has 122 valence electrons. The van der Waals surface area contributed by atoms with Crippen molar-refractivity contribution in [3.8, 4) is 0 Å². The first kappa shape index (κ1) is 16.6. The van der Waals surface area contributed by atoms with Gasteiger partial charge in [-0.25, -0.2) is 4.79 Å². The van der Waals surface area contributed by atoms with E-state index < -0.39 is 5.60 Å². The molecule has 0 aromatic carbocycles. The molecule has 1 saturated heterocycles. The minimum Gasteiger partial charge on any atom is -0.444 e. The lowest BCUT2D eigenvalue weighted by Crippen LogP contribution is -2.50. The Labute approximate surface area is 129 Å². The lowest BCUT2D eigenvalue weighted by molar-refractivity contribution is 0.0192. The van der Waals surface area contributed by atoms with Crippen molar-refractivity contribution < 1.29 is 9.53 Å². The molecule has 2 atom stereocenters. The van der Waals surface area contributed by atoms with Crippen LogP contribution in [0.25, 0.3) is 0 Å². The van der Waals surface area contributed by atoms with E-state index >= 15 is 0 Å². The van der Waals surface area contributed by atoms with Gasteiger partial charge in [-0.05, 0) is 52.4 Å². The van der Waals surface area contributed by atoms with Crippen LogP contribution in [0.4, 0.5) is 4.79 Å². The average Bonchev–Trinajstić information content (AvgIpc) is 2.40. The molecule has 0 aromatic heterocycles. The Balaban J connectivity index is 1.74. The fourth-order valence-corrected chi connectivity index (χ4v) is 3.42. The van der Waals surface area contributed by atoms with Gasteiger partial charge in [0.2, 0.25) is 0 Å². The van der Waals surface area contributed by atoms with Crippen LogP contribution in [0.1, 0.15) is 66.2 Å². The van der Waals surface area contributed by atoms with Gasteiger partial charge in [0.15, 0.2) is 0 Å². The zero-order valence-electron chi connectivity index (χ0n) is 14.2. The second kappa shape index (κ2) is 6.99. The Morgan fingerprint density at radius 2 is 1.71 bits per heavy atom. The largest absolute Gasteiger partial charge is 0.444 e. The smallest absolute Gasteiger partial charge is 0.410 e. The van der Waals surface area contributed by atoms with E-state index in [4.69, 9.17) is 4.74 Å². The zero-order valence-corrected chi connectivity index (χ0v) is 14.2. The summed E-state index contributed by atoms with van der Waals surface area (Å²) in [5, 5.41) is 3.84. The van der Waals surface area contributed by atoms with E-state index in [2.05, 4.69) is 12.2 Å². The molecule has 2 fully saturated rings. The highest BCUT2D eigenvalue weighted by Gasteiger charge is 2.29. The van der Waals surface area contributed by atoms with E-state index in [9.17, 15) is 4.79 Å². The van der Waals surface area contributed by atoms with E-state index in [1.54, 1.807) is 0 Å². The van der Waals surface area contributed by atoms with Crippen molar-refractivity contribution in [3.05, 3.63) is 0 Å². The van der Waals surface area contributed by atoms with Gasteiger partial charge in [-0.3, -0.25) is 0 Å². The van der Waals surface area contributed by atoms with Crippen molar-refractivity contribution in [1.82, 2.24) is 10.2 Å². The molecule has 1 amide bonds. The standard InChI is InChI=1S/C17H32N2O2/c1-13-7-5-6-8-15(13)18-14-9-11-19(12-10-14)16(20)21-17(2,3)4/h13-15,18H,5-12H2,1-4H3. The van der Waals surface area contributed by atoms with Gasteiger partial charge in [-0.15, -0.1) is 0 Å². The molecule has 0 bridgehead atoms. The van der Waals surface area contributed by atoms with Gasteiger partial charge < -0.3 is 15.0 Å². The molecule has 1 N–H and O–H groups in total. The number of ether oxygens (including phenoxy) is 1. The van der Waals surface area contributed by atoms with Crippen molar-refractivity contribution in [2.24, 2.45) is 5.92 Å². The molecule has 0 aromatic rings. The third-order valence-corrected chi connectivity index (χ3v) is 4.71. The fourth-order valence-electron chi connectivity index (χ4n) is 3.42. The first-order chi connectivity index (χ1) is 9.85. The minimum atomic E-state index is -0.399. The third kappa shape index (κ3) is 5.17. The quantitative estimate of drug-likeness (QED) is 0.847. The van der Waals surface area contributed by atoms with Crippen molar-refractivity contribution in [1.29, 1.82) is 0 Å². The average molecular weight is 296 g/mol. The summed E-state index contributed by atoms with van der Waals surface area (Å²) in [6.45, 7) is 9.75. The maximum Gasteiger partial charge on any atom is 0.410 e. The van der Waals surface area contributed by atoms with E-state index in [-0.39, 0.29) is 6.09 Å².